The second kappa shape index (κ2) is 9.18. The zero-order chi connectivity index (χ0) is 21.8. The Morgan fingerprint density at radius 1 is 0.968 bits per heavy atom. The number of hydrogen-bond donors (Lipinski definition) is 2. The van der Waals surface area contributed by atoms with Crippen molar-refractivity contribution >= 4 is 11.6 Å². The molecule has 0 spiro atoms. The third-order valence-corrected chi connectivity index (χ3v) is 5.75. The van der Waals surface area contributed by atoms with Gasteiger partial charge in [-0.3, -0.25) is 4.79 Å². The second-order valence-corrected chi connectivity index (χ2v) is 7.65. The van der Waals surface area contributed by atoms with Crippen molar-refractivity contribution in [3.05, 3.63) is 89.2 Å². The Morgan fingerprint density at radius 2 is 1.61 bits per heavy atom. The Morgan fingerprint density at radius 3 is 2.26 bits per heavy atom. The molecule has 1 heterocycles. The van der Waals surface area contributed by atoms with Gasteiger partial charge in [0.15, 0.2) is 17.5 Å². The van der Waals surface area contributed by atoms with Crippen LogP contribution < -0.4 is 19.7 Å². The normalized spacial score (nSPS) is 16.2. The zero-order valence-electron chi connectivity index (χ0n) is 17.7. The average molecular weight is 421 g/mol. The molecule has 1 amide bonds. The molecule has 0 radical (unpaired) electrons. The zero-order valence-corrected chi connectivity index (χ0v) is 17.7. The van der Waals surface area contributed by atoms with Gasteiger partial charge in [-0.15, -0.1) is 0 Å². The fourth-order valence-corrected chi connectivity index (χ4v) is 4.20. The number of benzene rings is 3. The average Bonchev–Trinajstić information content (AvgIpc) is 2.80. The molecule has 3 aromatic rings. The van der Waals surface area contributed by atoms with Gasteiger partial charge in [-0.2, -0.15) is 0 Å². The molecule has 2 atom stereocenters. The summed E-state index contributed by atoms with van der Waals surface area (Å²) < 4.78 is 24.2. The lowest BCUT2D eigenvalue weighted by molar-refractivity contribution is -0.937. The lowest BCUT2D eigenvalue weighted by Gasteiger charge is -2.32. The van der Waals surface area contributed by atoms with E-state index in [1.54, 1.807) is 26.4 Å². The lowest BCUT2D eigenvalue weighted by atomic mass is 9.95. The maximum absolute atomic E-state index is 13.4. The minimum atomic E-state index is -0.396. The first-order chi connectivity index (χ1) is 15.1. The van der Waals surface area contributed by atoms with E-state index in [0.29, 0.717) is 18.0 Å². The standard InChI is InChI=1S/C25H25FN2O3/c1-30-22-14-18-12-13-28(16-19(18)15-23(22)31-2)24(17-6-4-3-5-7-17)25(29)27-21-10-8-20(26)9-11-21/h3-11,14-15,24H,12-13,16H2,1-2H3,(H,27,29)/p+1/t24-/m0/s1. The summed E-state index contributed by atoms with van der Waals surface area (Å²) in [5, 5.41) is 2.96. The maximum atomic E-state index is 13.4. The van der Waals surface area contributed by atoms with E-state index in [-0.39, 0.29) is 11.7 Å². The van der Waals surface area contributed by atoms with Crippen LogP contribution in [0.3, 0.4) is 0 Å². The predicted octanol–water partition coefficient (Wildman–Crippen LogP) is 3.16. The van der Waals surface area contributed by atoms with E-state index >= 15 is 0 Å². The molecule has 6 heteroatoms. The van der Waals surface area contributed by atoms with E-state index in [4.69, 9.17) is 9.47 Å². The van der Waals surface area contributed by atoms with Crippen molar-refractivity contribution in [1.29, 1.82) is 0 Å². The van der Waals surface area contributed by atoms with Gasteiger partial charge in [0, 0.05) is 23.2 Å². The minimum Gasteiger partial charge on any atom is -0.493 e. The molecule has 31 heavy (non-hydrogen) atoms. The van der Waals surface area contributed by atoms with Crippen LogP contribution in [-0.2, 0) is 17.8 Å². The number of ether oxygens (including phenoxy) is 2. The molecule has 1 aliphatic heterocycles. The van der Waals surface area contributed by atoms with Gasteiger partial charge in [-0.05, 0) is 42.0 Å². The van der Waals surface area contributed by atoms with E-state index in [2.05, 4.69) is 5.32 Å². The molecule has 1 unspecified atom stereocenters. The largest absolute Gasteiger partial charge is 0.493 e. The van der Waals surface area contributed by atoms with Gasteiger partial charge < -0.3 is 19.7 Å². The van der Waals surface area contributed by atoms with E-state index in [1.165, 1.54) is 17.7 Å². The number of carbonyl (C=O) groups excluding carboxylic acids is 1. The Kier molecular flexibility index (Phi) is 6.18. The van der Waals surface area contributed by atoms with Crippen molar-refractivity contribution in [1.82, 2.24) is 0 Å². The number of rotatable bonds is 6. The van der Waals surface area contributed by atoms with E-state index in [1.807, 2.05) is 42.5 Å². The molecule has 160 valence electrons. The Labute approximate surface area is 181 Å². The first-order valence-corrected chi connectivity index (χ1v) is 10.3. The fraction of sp³-hybridized carbons (Fsp3) is 0.240. The van der Waals surface area contributed by atoms with Crippen molar-refractivity contribution in [3.63, 3.8) is 0 Å². The summed E-state index contributed by atoms with van der Waals surface area (Å²) >= 11 is 0. The molecule has 0 aliphatic carbocycles. The van der Waals surface area contributed by atoms with Crippen molar-refractivity contribution in [2.45, 2.75) is 19.0 Å². The Hall–Kier alpha value is -3.38. The second-order valence-electron chi connectivity index (χ2n) is 7.65. The highest BCUT2D eigenvalue weighted by Gasteiger charge is 2.34. The van der Waals surface area contributed by atoms with Gasteiger partial charge in [-0.1, -0.05) is 30.3 Å². The monoisotopic (exact) mass is 421 g/mol. The van der Waals surface area contributed by atoms with Crippen LogP contribution in [0.1, 0.15) is 22.7 Å². The van der Waals surface area contributed by atoms with Crippen LogP contribution in [0.25, 0.3) is 0 Å². The molecule has 3 aromatic carbocycles. The van der Waals surface area contributed by atoms with E-state index in [0.717, 1.165) is 34.7 Å². The molecular weight excluding hydrogens is 395 g/mol. The predicted molar refractivity (Wildman–Crippen MR) is 117 cm³/mol. The third-order valence-electron chi connectivity index (χ3n) is 5.75. The van der Waals surface area contributed by atoms with Gasteiger partial charge in [0.2, 0.25) is 0 Å². The van der Waals surface area contributed by atoms with Crippen LogP contribution in [-0.4, -0.2) is 26.7 Å². The Bertz CT molecular complexity index is 1050. The quantitative estimate of drug-likeness (QED) is 0.643. The Balaban J connectivity index is 1.63. The number of amides is 1. The lowest BCUT2D eigenvalue weighted by Crippen LogP contribution is -3.13. The molecule has 0 fully saturated rings. The van der Waals surface area contributed by atoms with Gasteiger partial charge in [0.1, 0.15) is 12.4 Å². The summed E-state index contributed by atoms with van der Waals surface area (Å²) in [5.74, 6) is 0.963. The van der Waals surface area contributed by atoms with Crippen LogP contribution in [0, 0.1) is 5.82 Å². The van der Waals surface area contributed by atoms with Crippen LogP contribution in [0.15, 0.2) is 66.7 Å². The van der Waals surface area contributed by atoms with Crippen LogP contribution in [0.4, 0.5) is 10.1 Å². The number of quaternary nitrogens is 1. The van der Waals surface area contributed by atoms with Crippen molar-refractivity contribution in [2.24, 2.45) is 0 Å². The summed E-state index contributed by atoms with van der Waals surface area (Å²) in [6, 6.07) is 19.3. The van der Waals surface area contributed by atoms with Gasteiger partial charge in [0.05, 0.1) is 20.8 Å². The molecule has 5 nitrogen and oxygen atoms in total. The van der Waals surface area contributed by atoms with Gasteiger partial charge in [-0.25, -0.2) is 4.39 Å². The maximum Gasteiger partial charge on any atom is 0.287 e. The summed E-state index contributed by atoms with van der Waals surface area (Å²) in [4.78, 5) is 14.5. The van der Waals surface area contributed by atoms with Crippen LogP contribution >= 0.6 is 0 Å². The fourth-order valence-electron chi connectivity index (χ4n) is 4.20. The smallest absolute Gasteiger partial charge is 0.287 e. The number of carbonyl (C=O) groups is 1. The molecule has 4 rings (SSSR count). The number of anilines is 1. The number of hydrogen-bond acceptors (Lipinski definition) is 3. The number of halogens is 1. The molecule has 2 N–H and O–H groups in total. The van der Waals surface area contributed by atoms with Crippen molar-refractivity contribution in [2.75, 3.05) is 26.1 Å². The molecular formula is C25H26FN2O3+. The first kappa shape index (κ1) is 20.9. The van der Waals surface area contributed by atoms with Crippen molar-refractivity contribution in [3.8, 4) is 11.5 Å². The van der Waals surface area contributed by atoms with E-state index in [9.17, 15) is 9.18 Å². The molecule has 0 aromatic heterocycles. The van der Waals surface area contributed by atoms with Crippen LogP contribution in [0.5, 0.6) is 11.5 Å². The summed E-state index contributed by atoms with van der Waals surface area (Å²) in [7, 11) is 3.26. The summed E-state index contributed by atoms with van der Waals surface area (Å²) in [5.41, 5.74) is 3.89. The summed E-state index contributed by atoms with van der Waals surface area (Å²) in [6.07, 6.45) is 0.832. The third kappa shape index (κ3) is 4.54. The topological polar surface area (TPSA) is 52.0 Å². The highest BCUT2D eigenvalue weighted by molar-refractivity contribution is 5.94. The summed E-state index contributed by atoms with van der Waals surface area (Å²) in [6.45, 7) is 1.49. The number of methoxy groups -OCH3 is 2. The SMILES string of the molecule is COc1cc2c(cc1OC)C[NH+]([C@H](C(=O)Nc1ccc(F)cc1)c1ccccc1)CC2. The molecule has 0 bridgehead atoms. The van der Waals surface area contributed by atoms with Crippen molar-refractivity contribution < 1.29 is 23.6 Å². The molecule has 1 aliphatic rings. The molecule has 0 saturated carbocycles. The highest BCUT2D eigenvalue weighted by atomic mass is 19.1. The van der Waals surface area contributed by atoms with Gasteiger partial charge >= 0.3 is 0 Å². The van der Waals surface area contributed by atoms with E-state index < -0.39 is 6.04 Å². The number of nitrogens with one attached hydrogen (secondary N) is 2. The minimum absolute atomic E-state index is 0.114. The first-order valence-electron chi connectivity index (χ1n) is 10.3. The van der Waals surface area contributed by atoms with Crippen LogP contribution in [0.2, 0.25) is 0 Å². The molecule has 0 saturated heterocycles. The van der Waals surface area contributed by atoms with Gasteiger partial charge in [0.25, 0.3) is 5.91 Å². The highest BCUT2D eigenvalue weighted by Crippen LogP contribution is 2.31. The number of fused-ring (bicyclic) bond motifs is 1.